The van der Waals surface area contributed by atoms with Crippen molar-refractivity contribution in [3.05, 3.63) is 35.9 Å². The van der Waals surface area contributed by atoms with Crippen molar-refractivity contribution in [1.82, 2.24) is 30.3 Å². The molecule has 5 rings (SSSR count). The normalized spacial score (nSPS) is 26.9. The van der Waals surface area contributed by atoms with Gasteiger partial charge in [-0.05, 0) is 24.8 Å². The van der Waals surface area contributed by atoms with Gasteiger partial charge in [-0.1, -0.05) is 54.2 Å². The van der Waals surface area contributed by atoms with E-state index in [2.05, 4.69) is 40.0 Å². The highest BCUT2D eigenvalue weighted by atomic mass is 32.2. The number of carbonyl (C=O) groups excluding carboxylic acids is 1. The molecule has 3 aromatic rings. The van der Waals surface area contributed by atoms with Gasteiger partial charge < -0.3 is 25.6 Å². The lowest BCUT2D eigenvalue weighted by Gasteiger charge is -2.17. The topological polar surface area (TPSA) is 147 Å². The fourth-order valence-corrected chi connectivity index (χ4v) is 5.60. The van der Waals surface area contributed by atoms with Crippen molar-refractivity contribution in [2.75, 3.05) is 31.3 Å². The van der Waals surface area contributed by atoms with E-state index in [0.717, 1.165) is 18.6 Å². The summed E-state index contributed by atoms with van der Waals surface area (Å²) in [5, 5.41) is 37.1. The van der Waals surface area contributed by atoms with Crippen LogP contribution < -0.4 is 10.6 Å². The minimum atomic E-state index is -1.22. The Kier molecular flexibility index (Phi) is 7.89. The fraction of sp³-hybridized carbons (Fsp3) is 0.560. The summed E-state index contributed by atoms with van der Waals surface area (Å²) in [7, 11) is 1.55. The third-order valence-corrected chi connectivity index (χ3v) is 8.04. The number of nitrogens with one attached hydrogen (secondary N) is 2. The van der Waals surface area contributed by atoms with Crippen LogP contribution in [-0.4, -0.2) is 85.3 Å². The summed E-state index contributed by atoms with van der Waals surface area (Å²) >= 11 is 1.55. The third-order valence-electron chi connectivity index (χ3n) is 6.99. The lowest BCUT2D eigenvalue weighted by molar-refractivity contribution is -0.129. The second-order valence-electron chi connectivity index (χ2n) is 9.59. The van der Waals surface area contributed by atoms with Gasteiger partial charge in [-0.3, -0.25) is 4.79 Å². The Morgan fingerprint density at radius 2 is 2.00 bits per heavy atom. The number of ether oxygens (including phenoxy) is 1. The number of benzene rings is 1. The van der Waals surface area contributed by atoms with E-state index in [9.17, 15) is 15.0 Å². The maximum absolute atomic E-state index is 12.6. The van der Waals surface area contributed by atoms with Crippen molar-refractivity contribution in [3.63, 3.8) is 0 Å². The lowest BCUT2D eigenvalue weighted by Crippen LogP contribution is -2.39. The number of methoxy groups -OCH3 is 1. The van der Waals surface area contributed by atoms with Crippen molar-refractivity contribution >= 4 is 34.7 Å². The first-order chi connectivity index (χ1) is 18.0. The zero-order valence-corrected chi connectivity index (χ0v) is 21.8. The summed E-state index contributed by atoms with van der Waals surface area (Å²) in [5.74, 6) is 0.768. The van der Waals surface area contributed by atoms with Crippen LogP contribution in [-0.2, 0) is 9.53 Å². The van der Waals surface area contributed by atoms with E-state index in [1.807, 2.05) is 18.2 Å². The molecule has 4 N–H and O–H groups in total. The molecule has 12 heteroatoms. The fourth-order valence-electron chi connectivity index (χ4n) is 4.91. The van der Waals surface area contributed by atoms with Crippen LogP contribution in [0.2, 0.25) is 0 Å². The van der Waals surface area contributed by atoms with Gasteiger partial charge >= 0.3 is 0 Å². The predicted molar refractivity (Wildman–Crippen MR) is 139 cm³/mol. The molecule has 11 nitrogen and oxygen atoms in total. The monoisotopic (exact) mass is 527 g/mol. The molecule has 37 heavy (non-hydrogen) atoms. The number of anilines is 1. The number of amides is 1. The minimum Gasteiger partial charge on any atom is -0.390 e. The van der Waals surface area contributed by atoms with E-state index in [0.29, 0.717) is 41.2 Å². The molecule has 2 aliphatic rings. The summed E-state index contributed by atoms with van der Waals surface area (Å²) in [6, 6.07) is 9.96. The van der Waals surface area contributed by atoms with E-state index in [4.69, 9.17) is 14.7 Å². The number of aromatic nitrogens is 5. The number of fused-ring (bicyclic) bond motifs is 1. The molecule has 2 aromatic heterocycles. The van der Waals surface area contributed by atoms with Gasteiger partial charge in [-0.25, -0.2) is 14.6 Å². The van der Waals surface area contributed by atoms with Gasteiger partial charge in [-0.15, -0.1) is 5.10 Å². The Labute approximate surface area is 219 Å². The van der Waals surface area contributed by atoms with Crippen LogP contribution in [0, 0.1) is 5.92 Å². The SMILES string of the molecule is CCCSc1nc(NC2CC2c2ccccc2)c2nnn([C@H]3C[C@@H](C(=O)NCCOC)[C@H](O)[C@@H]3O)c2n1. The molecule has 0 saturated heterocycles. The number of aliphatic hydroxyl groups excluding tert-OH is 2. The van der Waals surface area contributed by atoms with Crippen LogP contribution in [0.5, 0.6) is 0 Å². The van der Waals surface area contributed by atoms with Crippen molar-refractivity contribution in [3.8, 4) is 0 Å². The van der Waals surface area contributed by atoms with Crippen LogP contribution >= 0.6 is 11.8 Å². The van der Waals surface area contributed by atoms with Gasteiger partial charge in [0.1, 0.15) is 6.10 Å². The molecule has 6 atom stereocenters. The second-order valence-corrected chi connectivity index (χ2v) is 10.6. The number of nitrogens with zero attached hydrogens (tertiary/aromatic N) is 5. The number of hydrogen-bond donors (Lipinski definition) is 4. The number of hydrogen-bond acceptors (Lipinski definition) is 10. The van der Waals surface area contributed by atoms with Crippen molar-refractivity contribution < 1.29 is 19.7 Å². The molecule has 198 valence electrons. The summed E-state index contributed by atoms with van der Waals surface area (Å²) in [4.78, 5) is 22.1. The van der Waals surface area contributed by atoms with Gasteiger partial charge in [0.2, 0.25) is 5.91 Å². The van der Waals surface area contributed by atoms with Crippen LogP contribution in [0.15, 0.2) is 35.5 Å². The third kappa shape index (κ3) is 5.42. The van der Waals surface area contributed by atoms with Crippen molar-refractivity contribution in [1.29, 1.82) is 0 Å². The quantitative estimate of drug-likeness (QED) is 0.165. The van der Waals surface area contributed by atoms with Gasteiger partial charge in [0.15, 0.2) is 22.1 Å². The largest absolute Gasteiger partial charge is 0.390 e. The molecule has 2 unspecified atom stereocenters. The number of aliphatic hydroxyl groups is 2. The summed E-state index contributed by atoms with van der Waals surface area (Å²) in [5.41, 5.74) is 2.27. The average Bonchev–Trinajstić information content (AvgIpc) is 3.45. The van der Waals surface area contributed by atoms with E-state index in [-0.39, 0.29) is 18.4 Å². The number of thioether (sulfide) groups is 1. The van der Waals surface area contributed by atoms with Gasteiger partial charge in [0.25, 0.3) is 0 Å². The lowest BCUT2D eigenvalue weighted by atomic mass is 10.0. The highest BCUT2D eigenvalue weighted by Crippen LogP contribution is 2.43. The first-order valence-corrected chi connectivity index (χ1v) is 13.7. The number of rotatable bonds is 11. The Hall–Kier alpha value is -2.80. The summed E-state index contributed by atoms with van der Waals surface area (Å²) in [6.45, 7) is 2.79. The van der Waals surface area contributed by atoms with Crippen LogP contribution in [0.3, 0.4) is 0 Å². The van der Waals surface area contributed by atoms with Crippen LogP contribution in [0.1, 0.15) is 43.7 Å². The maximum Gasteiger partial charge on any atom is 0.225 e. The van der Waals surface area contributed by atoms with Gasteiger partial charge in [0.05, 0.1) is 24.7 Å². The molecular weight excluding hydrogens is 494 g/mol. The maximum atomic E-state index is 12.6. The standard InChI is InChI=1S/C25H33N7O4S/c1-3-11-37-25-28-22(27-17-12-15(17)14-7-5-4-6-8-14)19-23(29-25)32(31-30-19)18-13-16(20(33)21(18)34)24(35)26-9-10-36-2/h4-8,15-18,20-21,33-34H,3,9-13H2,1-2H3,(H,26,35)(H,27,28,29)/t15?,16-,17?,18+,20+,21-/m1/s1. The first kappa shape index (κ1) is 25.8. The van der Waals surface area contributed by atoms with Crippen molar-refractivity contribution in [2.24, 2.45) is 5.92 Å². The average molecular weight is 528 g/mol. The predicted octanol–water partition coefficient (Wildman–Crippen LogP) is 1.74. The molecule has 0 spiro atoms. The molecule has 1 aromatic carbocycles. The van der Waals surface area contributed by atoms with E-state index >= 15 is 0 Å². The molecule has 2 aliphatic carbocycles. The molecule has 0 aliphatic heterocycles. The summed E-state index contributed by atoms with van der Waals surface area (Å²) in [6.07, 6.45) is -0.236. The summed E-state index contributed by atoms with van der Waals surface area (Å²) < 4.78 is 6.51. The molecule has 0 radical (unpaired) electrons. The molecule has 2 fully saturated rings. The van der Waals surface area contributed by atoms with E-state index < -0.39 is 24.2 Å². The zero-order valence-electron chi connectivity index (χ0n) is 20.9. The molecular formula is C25H33N7O4S. The number of carbonyl (C=O) groups is 1. The second kappa shape index (κ2) is 11.3. The zero-order chi connectivity index (χ0) is 25.9. The van der Waals surface area contributed by atoms with E-state index in [1.165, 1.54) is 10.2 Å². The van der Waals surface area contributed by atoms with Gasteiger partial charge in [-0.2, -0.15) is 0 Å². The highest BCUT2D eigenvalue weighted by molar-refractivity contribution is 7.99. The Bertz CT molecular complexity index is 1230. The Morgan fingerprint density at radius 1 is 1.19 bits per heavy atom. The van der Waals surface area contributed by atoms with Gasteiger partial charge in [0, 0.05) is 31.4 Å². The van der Waals surface area contributed by atoms with Crippen LogP contribution in [0.4, 0.5) is 5.82 Å². The Balaban J connectivity index is 1.40. The molecule has 2 heterocycles. The first-order valence-electron chi connectivity index (χ1n) is 12.7. The van der Waals surface area contributed by atoms with E-state index in [1.54, 1.807) is 18.9 Å². The Morgan fingerprint density at radius 3 is 2.76 bits per heavy atom. The molecule has 1 amide bonds. The smallest absolute Gasteiger partial charge is 0.225 e. The molecule has 2 saturated carbocycles. The molecule has 0 bridgehead atoms. The van der Waals surface area contributed by atoms with Crippen LogP contribution in [0.25, 0.3) is 11.2 Å². The highest BCUT2D eigenvalue weighted by Gasteiger charge is 2.47. The minimum absolute atomic E-state index is 0.211. The van der Waals surface area contributed by atoms with Crippen molar-refractivity contribution in [2.45, 2.75) is 61.6 Å².